The van der Waals surface area contributed by atoms with E-state index in [2.05, 4.69) is 10.2 Å². The van der Waals surface area contributed by atoms with Crippen LogP contribution >= 0.6 is 23.2 Å². The molecule has 0 bridgehead atoms. The lowest BCUT2D eigenvalue weighted by Gasteiger charge is -2.32. The molecule has 1 aliphatic heterocycles. The van der Waals surface area contributed by atoms with Crippen molar-refractivity contribution in [1.82, 2.24) is 9.80 Å². The lowest BCUT2D eigenvalue weighted by molar-refractivity contribution is -0.115. The number of anilines is 1. The summed E-state index contributed by atoms with van der Waals surface area (Å²) in [5.74, 6) is -1.43. The zero-order valence-electron chi connectivity index (χ0n) is 20.9. The Hall–Kier alpha value is -3.64. The molecule has 4 rings (SSSR count). The summed E-state index contributed by atoms with van der Waals surface area (Å²) in [6.45, 7) is 4.79. The number of carbonyl (C=O) groups is 2. The molecule has 38 heavy (non-hydrogen) atoms. The zero-order valence-corrected chi connectivity index (χ0v) is 22.4. The number of piperazine rings is 1. The van der Waals surface area contributed by atoms with Crippen LogP contribution in [0.25, 0.3) is 0 Å². The molecule has 0 spiro atoms. The summed E-state index contributed by atoms with van der Waals surface area (Å²) in [6.07, 6.45) is -0.278. The standard InChI is InChI=1S/C28H25Cl2FN4O3/c1-17-11-20(28(37)35-9-7-34(2)8-10-35)4-6-24(17)33-25(36)14-19-3-5-23(30)27(26(19)31)38-22-13-18(16-32)12-21(29)15-22/h3-6,11-13,15H,7-10,14H2,1-2H3,(H,33,36). The lowest BCUT2D eigenvalue weighted by atomic mass is 10.1. The summed E-state index contributed by atoms with van der Waals surface area (Å²) < 4.78 is 20.9. The first-order chi connectivity index (χ1) is 18.1. The number of aryl methyl sites for hydroxylation is 1. The van der Waals surface area contributed by atoms with Crippen molar-refractivity contribution in [3.8, 4) is 17.6 Å². The third-order valence-corrected chi connectivity index (χ3v) is 6.75. The normalized spacial score (nSPS) is 13.6. The number of hydrogen-bond donors (Lipinski definition) is 1. The Morgan fingerprint density at radius 3 is 2.50 bits per heavy atom. The molecule has 3 aromatic carbocycles. The maximum Gasteiger partial charge on any atom is 0.253 e. The summed E-state index contributed by atoms with van der Waals surface area (Å²) >= 11 is 12.2. The number of nitriles is 1. The van der Waals surface area contributed by atoms with Crippen molar-refractivity contribution in [2.24, 2.45) is 0 Å². The highest BCUT2D eigenvalue weighted by atomic mass is 35.5. The van der Waals surface area contributed by atoms with Crippen molar-refractivity contribution in [1.29, 1.82) is 5.26 Å². The number of ether oxygens (including phenoxy) is 1. The Kier molecular flexibility index (Phi) is 8.52. The van der Waals surface area contributed by atoms with Crippen LogP contribution in [0.4, 0.5) is 10.1 Å². The van der Waals surface area contributed by atoms with Gasteiger partial charge >= 0.3 is 0 Å². The number of nitrogens with one attached hydrogen (secondary N) is 1. The van der Waals surface area contributed by atoms with E-state index in [-0.39, 0.29) is 45.0 Å². The summed E-state index contributed by atoms with van der Waals surface area (Å²) in [4.78, 5) is 29.6. The predicted molar refractivity (Wildman–Crippen MR) is 145 cm³/mol. The summed E-state index contributed by atoms with van der Waals surface area (Å²) in [5.41, 5.74) is 2.11. The quantitative estimate of drug-likeness (QED) is 0.424. The van der Waals surface area contributed by atoms with E-state index in [1.165, 1.54) is 30.3 Å². The minimum Gasteiger partial charge on any atom is -0.453 e. The van der Waals surface area contributed by atoms with Crippen molar-refractivity contribution in [2.45, 2.75) is 13.3 Å². The largest absolute Gasteiger partial charge is 0.453 e. The number of carbonyl (C=O) groups excluding carboxylic acids is 2. The molecule has 0 atom stereocenters. The van der Waals surface area contributed by atoms with Gasteiger partial charge in [-0.3, -0.25) is 9.59 Å². The molecular weight excluding hydrogens is 530 g/mol. The number of amides is 2. The van der Waals surface area contributed by atoms with Gasteiger partial charge in [0.1, 0.15) is 5.75 Å². The summed E-state index contributed by atoms with van der Waals surface area (Å²) in [6, 6.07) is 14.2. The number of halogens is 3. The molecule has 0 unspecified atom stereocenters. The van der Waals surface area contributed by atoms with Crippen molar-refractivity contribution < 1.29 is 18.7 Å². The van der Waals surface area contributed by atoms with E-state index in [4.69, 9.17) is 33.2 Å². The molecule has 0 aromatic heterocycles. The average molecular weight is 555 g/mol. The van der Waals surface area contributed by atoms with Gasteiger partial charge in [0, 0.05) is 48.0 Å². The van der Waals surface area contributed by atoms with Gasteiger partial charge in [-0.1, -0.05) is 29.3 Å². The minimum absolute atomic E-state index is 0.00147. The van der Waals surface area contributed by atoms with Gasteiger partial charge in [0.2, 0.25) is 5.91 Å². The van der Waals surface area contributed by atoms with Gasteiger partial charge in [-0.2, -0.15) is 5.26 Å². The number of benzene rings is 3. The molecule has 3 aromatic rings. The molecule has 7 nitrogen and oxygen atoms in total. The third kappa shape index (κ3) is 6.43. The van der Waals surface area contributed by atoms with E-state index >= 15 is 4.39 Å². The van der Waals surface area contributed by atoms with Crippen LogP contribution in [0.3, 0.4) is 0 Å². The van der Waals surface area contributed by atoms with Crippen molar-refractivity contribution in [3.05, 3.63) is 86.6 Å². The number of rotatable bonds is 6. The SMILES string of the molecule is Cc1cc(C(=O)N2CCN(C)CC2)ccc1NC(=O)Cc1ccc(Cl)c(Oc2cc(Cl)cc(C#N)c2)c1F. The van der Waals surface area contributed by atoms with E-state index in [9.17, 15) is 9.59 Å². The van der Waals surface area contributed by atoms with E-state index in [1.54, 1.807) is 25.1 Å². The summed E-state index contributed by atoms with van der Waals surface area (Å²) in [5, 5.41) is 12.2. The number of hydrogen-bond acceptors (Lipinski definition) is 5. The Morgan fingerprint density at radius 1 is 1.08 bits per heavy atom. The number of likely N-dealkylation sites (N-methyl/N-ethyl adjacent to an activating group) is 1. The van der Waals surface area contributed by atoms with E-state index in [1.807, 2.05) is 18.0 Å². The van der Waals surface area contributed by atoms with Gasteiger partial charge < -0.3 is 19.9 Å². The van der Waals surface area contributed by atoms with E-state index < -0.39 is 11.7 Å². The number of nitrogens with zero attached hydrogens (tertiary/aromatic N) is 3. The molecule has 1 heterocycles. The van der Waals surface area contributed by atoms with Crippen molar-refractivity contribution in [2.75, 3.05) is 38.5 Å². The molecule has 2 amide bonds. The highest BCUT2D eigenvalue weighted by molar-refractivity contribution is 6.32. The minimum atomic E-state index is -0.795. The molecule has 1 aliphatic rings. The topological polar surface area (TPSA) is 85.7 Å². The fourth-order valence-corrected chi connectivity index (χ4v) is 4.51. The Balaban J connectivity index is 1.45. The van der Waals surface area contributed by atoms with Gasteiger partial charge in [0.25, 0.3) is 5.91 Å². The first-order valence-electron chi connectivity index (χ1n) is 11.9. The van der Waals surface area contributed by atoms with Crippen molar-refractivity contribution >= 4 is 40.7 Å². The van der Waals surface area contributed by atoms with Crippen molar-refractivity contribution in [3.63, 3.8) is 0 Å². The van der Waals surface area contributed by atoms with Gasteiger partial charge in [0.05, 0.1) is 23.1 Å². The molecule has 0 radical (unpaired) electrons. The predicted octanol–water partition coefficient (Wildman–Crippen LogP) is 5.67. The van der Waals surface area contributed by atoms with Gasteiger partial charge in [-0.25, -0.2) is 4.39 Å². The van der Waals surface area contributed by atoms with Crippen LogP contribution in [0.1, 0.15) is 27.0 Å². The Bertz CT molecular complexity index is 1430. The first kappa shape index (κ1) is 27.4. The van der Waals surface area contributed by atoms with E-state index in [0.717, 1.165) is 13.1 Å². The molecule has 1 fully saturated rings. The van der Waals surface area contributed by atoms with Crippen LogP contribution in [0.2, 0.25) is 10.0 Å². The fourth-order valence-electron chi connectivity index (χ4n) is 4.10. The highest BCUT2D eigenvalue weighted by Crippen LogP contribution is 2.35. The smallest absolute Gasteiger partial charge is 0.253 e. The maximum atomic E-state index is 15.3. The van der Waals surface area contributed by atoms with Gasteiger partial charge in [-0.15, -0.1) is 0 Å². The molecule has 0 saturated carbocycles. The van der Waals surface area contributed by atoms with E-state index in [0.29, 0.717) is 29.9 Å². The van der Waals surface area contributed by atoms with Crippen LogP contribution in [0.5, 0.6) is 11.5 Å². The molecule has 1 saturated heterocycles. The average Bonchev–Trinajstić information content (AvgIpc) is 2.89. The lowest BCUT2D eigenvalue weighted by Crippen LogP contribution is -2.47. The fraction of sp³-hybridized carbons (Fsp3) is 0.250. The first-order valence-corrected chi connectivity index (χ1v) is 12.6. The van der Waals surface area contributed by atoms with Crippen LogP contribution in [0.15, 0.2) is 48.5 Å². The van der Waals surface area contributed by atoms with Gasteiger partial charge in [-0.05, 0) is 62.0 Å². The zero-order chi connectivity index (χ0) is 27.4. The molecule has 196 valence electrons. The van der Waals surface area contributed by atoms with Crippen LogP contribution in [0, 0.1) is 24.1 Å². The maximum absolute atomic E-state index is 15.3. The monoisotopic (exact) mass is 554 g/mol. The van der Waals surface area contributed by atoms with Crippen LogP contribution < -0.4 is 10.1 Å². The van der Waals surface area contributed by atoms with Crippen LogP contribution in [-0.2, 0) is 11.2 Å². The second kappa shape index (κ2) is 11.8. The highest BCUT2D eigenvalue weighted by Gasteiger charge is 2.22. The molecular formula is C28H25Cl2FN4O3. The van der Waals surface area contributed by atoms with Gasteiger partial charge in [0.15, 0.2) is 11.6 Å². The Morgan fingerprint density at radius 2 is 1.82 bits per heavy atom. The Labute approximate surface area is 230 Å². The summed E-state index contributed by atoms with van der Waals surface area (Å²) in [7, 11) is 2.03. The molecule has 10 heteroatoms. The molecule has 1 N–H and O–H groups in total. The second-order valence-electron chi connectivity index (χ2n) is 9.09. The van der Waals surface area contributed by atoms with Crippen LogP contribution in [-0.4, -0.2) is 54.8 Å². The third-order valence-electron chi connectivity index (χ3n) is 6.24. The molecule has 0 aliphatic carbocycles. The second-order valence-corrected chi connectivity index (χ2v) is 9.93.